The first-order valence-electron chi connectivity index (χ1n) is 11.9. The van der Waals surface area contributed by atoms with Crippen LogP contribution in [0.3, 0.4) is 0 Å². The van der Waals surface area contributed by atoms with E-state index < -0.39 is 0 Å². The smallest absolute Gasteiger partial charge is 0.186 e. The number of H-pyrrole nitrogens is 1. The van der Waals surface area contributed by atoms with E-state index in [0.29, 0.717) is 0 Å². The zero-order valence-electron chi connectivity index (χ0n) is 19.5. The van der Waals surface area contributed by atoms with Crippen LogP contribution in [0.25, 0.3) is 11.4 Å². The number of likely N-dealkylation sites (tertiary alicyclic amines) is 1. The Morgan fingerprint density at radius 2 is 1.84 bits per heavy atom. The van der Waals surface area contributed by atoms with Crippen molar-refractivity contribution in [2.24, 2.45) is 5.92 Å². The van der Waals surface area contributed by atoms with Crippen LogP contribution in [0.4, 0.5) is 5.13 Å². The lowest BCUT2D eigenvalue weighted by Crippen LogP contribution is -2.48. The highest BCUT2D eigenvalue weighted by atomic mass is 32.1. The Morgan fingerprint density at radius 1 is 1.13 bits per heavy atom. The number of hydrogen-bond acceptors (Lipinski definition) is 6. The maximum atomic E-state index is 12.1. The van der Waals surface area contributed by atoms with Gasteiger partial charge in [0.2, 0.25) is 0 Å². The summed E-state index contributed by atoms with van der Waals surface area (Å²) in [5, 5.41) is 3.24. The van der Waals surface area contributed by atoms with Crippen LogP contribution >= 0.6 is 11.3 Å². The molecule has 2 fully saturated rings. The van der Waals surface area contributed by atoms with Gasteiger partial charge in [0.05, 0.1) is 5.69 Å². The van der Waals surface area contributed by atoms with E-state index >= 15 is 0 Å². The van der Waals surface area contributed by atoms with E-state index in [-0.39, 0.29) is 5.78 Å². The monoisotopic (exact) mass is 443 g/mol. The third-order valence-corrected chi connectivity index (χ3v) is 7.96. The number of aryl methyl sites for hydroxylation is 1. The van der Waals surface area contributed by atoms with Gasteiger partial charge >= 0.3 is 0 Å². The second kappa shape index (κ2) is 9.84. The minimum absolute atomic E-state index is 0.129. The maximum Gasteiger partial charge on any atom is 0.186 e. The fourth-order valence-corrected chi connectivity index (χ4v) is 6.09. The number of Topliss-reactive ketones (excluding diaryl/α,β-unsaturated/α-hetero) is 1. The number of aromatic nitrogens is 2. The average Bonchev–Trinajstić information content (AvgIpc) is 3.39. The molecule has 7 heteroatoms. The number of thiazole rings is 1. The molecule has 0 amide bonds. The molecular weight excluding hydrogens is 406 g/mol. The van der Waals surface area contributed by atoms with Crippen LogP contribution in [-0.2, 0) is 6.42 Å². The Morgan fingerprint density at radius 3 is 2.45 bits per heavy atom. The fourth-order valence-electron chi connectivity index (χ4n) is 5.22. The van der Waals surface area contributed by atoms with Gasteiger partial charge in [-0.3, -0.25) is 9.69 Å². The molecule has 0 bridgehead atoms. The van der Waals surface area contributed by atoms with Gasteiger partial charge in [-0.15, -0.1) is 11.3 Å². The van der Waals surface area contributed by atoms with E-state index in [4.69, 9.17) is 4.98 Å². The Kier molecular flexibility index (Phi) is 7.14. The van der Waals surface area contributed by atoms with E-state index in [9.17, 15) is 4.79 Å². The zero-order valence-corrected chi connectivity index (χ0v) is 20.4. The number of hydrogen-bond donors (Lipinski definition) is 1. The molecule has 0 aromatic carbocycles. The van der Waals surface area contributed by atoms with Crippen molar-refractivity contribution in [3.63, 3.8) is 0 Å². The van der Waals surface area contributed by atoms with Crippen molar-refractivity contribution in [3.8, 4) is 11.4 Å². The lowest BCUT2D eigenvalue weighted by atomic mass is 9.96. The zero-order chi connectivity index (χ0) is 22.0. The van der Waals surface area contributed by atoms with Crippen molar-refractivity contribution < 1.29 is 4.79 Å². The lowest BCUT2D eigenvalue weighted by molar-refractivity contribution is 0.101. The molecule has 1 N–H and O–H groups in total. The molecule has 4 rings (SSSR count). The molecule has 0 aliphatic carbocycles. The average molecular weight is 444 g/mol. The Labute approximate surface area is 190 Å². The topological polar surface area (TPSA) is 55.5 Å². The summed E-state index contributed by atoms with van der Waals surface area (Å²) < 4.78 is 0. The van der Waals surface area contributed by atoms with Crippen LogP contribution in [0, 0.1) is 12.8 Å². The van der Waals surface area contributed by atoms with Gasteiger partial charge in [-0.2, -0.15) is 0 Å². The number of anilines is 1. The largest absolute Gasteiger partial charge is 0.356 e. The van der Waals surface area contributed by atoms with Crippen molar-refractivity contribution in [2.75, 3.05) is 57.3 Å². The van der Waals surface area contributed by atoms with Crippen LogP contribution in [0.5, 0.6) is 0 Å². The number of carbonyl (C=O) groups is 1. The summed E-state index contributed by atoms with van der Waals surface area (Å²) in [5.41, 5.74) is 4.88. The van der Waals surface area contributed by atoms with Gasteiger partial charge in [-0.05, 0) is 64.2 Å². The molecule has 2 aromatic heterocycles. The van der Waals surface area contributed by atoms with Gasteiger partial charge in [-0.25, -0.2) is 4.98 Å². The normalized spacial score (nSPS) is 19.3. The van der Waals surface area contributed by atoms with Crippen molar-refractivity contribution in [2.45, 2.75) is 47.0 Å². The molecule has 2 aliphatic rings. The van der Waals surface area contributed by atoms with Gasteiger partial charge in [0.25, 0.3) is 0 Å². The first-order chi connectivity index (χ1) is 15.0. The third-order valence-electron chi connectivity index (χ3n) is 7.06. The Bertz CT molecular complexity index is 888. The summed E-state index contributed by atoms with van der Waals surface area (Å²) in [6.07, 6.45) is 3.53. The van der Waals surface area contributed by atoms with Crippen LogP contribution in [0.1, 0.15) is 55.2 Å². The minimum Gasteiger partial charge on any atom is -0.356 e. The number of aromatic amines is 1. The van der Waals surface area contributed by atoms with Gasteiger partial charge in [0.15, 0.2) is 10.9 Å². The van der Waals surface area contributed by atoms with Gasteiger partial charge < -0.3 is 14.8 Å². The summed E-state index contributed by atoms with van der Waals surface area (Å²) in [5.74, 6) is 0.990. The predicted molar refractivity (Wildman–Crippen MR) is 130 cm³/mol. The number of nitrogens with one attached hydrogen (secondary N) is 1. The Balaban J connectivity index is 1.36. The van der Waals surface area contributed by atoms with E-state index in [2.05, 4.69) is 38.9 Å². The van der Waals surface area contributed by atoms with Crippen molar-refractivity contribution in [1.82, 2.24) is 19.8 Å². The molecule has 6 nitrogen and oxygen atoms in total. The summed E-state index contributed by atoms with van der Waals surface area (Å²) in [7, 11) is 0. The number of piperazine rings is 1. The van der Waals surface area contributed by atoms with Crippen LogP contribution in [0.15, 0.2) is 5.38 Å². The van der Waals surface area contributed by atoms with Gasteiger partial charge in [0, 0.05) is 49.4 Å². The summed E-state index contributed by atoms with van der Waals surface area (Å²) >= 11 is 1.72. The second-order valence-electron chi connectivity index (χ2n) is 9.07. The molecule has 2 saturated heterocycles. The van der Waals surface area contributed by atoms with E-state index in [1.54, 1.807) is 18.3 Å². The molecule has 0 saturated carbocycles. The standard InChI is InChI=1S/C24H37N5OS/c1-5-20-22(18(4)30)17(3)25-23(20)21-16-31-24(26-21)29-13-11-28(12-14-29)15-19-7-9-27(6-2)10-8-19/h16,19,25H,5-15H2,1-4H3. The first kappa shape index (κ1) is 22.5. The van der Waals surface area contributed by atoms with E-state index in [1.807, 2.05) is 6.92 Å². The number of rotatable bonds is 7. The van der Waals surface area contributed by atoms with E-state index in [0.717, 1.165) is 71.9 Å². The number of carbonyl (C=O) groups excluding carboxylic acids is 1. The molecule has 0 atom stereocenters. The predicted octanol–water partition coefficient (Wildman–Crippen LogP) is 4.07. The van der Waals surface area contributed by atoms with Gasteiger partial charge in [0.1, 0.15) is 5.69 Å². The quantitative estimate of drug-likeness (QED) is 0.654. The van der Waals surface area contributed by atoms with Crippen molar-refractivity contribution in [1.29, 1.82) is 0 Å². The summed E-state index contributed by atoms with van der Waals surface area (Å²) in [6.45, 7) is 17.3. The minimum atomic E-state index is 0.129. The lowest BCUT2D eigenvalue weighted by Gasteiger charge is -2.38. The van der Waals surface area contributed by atoms with Crippen molar-refractivity contribution >= 4 is 22.3 Å². The molecule has 0 unspecified atom stereocenters. The number of piperidine rings is 1. The van der Waals surface area contributed by atoms with Gasteiger partial charge in [-0.1, -0.05) is 13.8 Å². The van der Waals surface area contributed by atoms with Crippen LogP contribution in [0.2, 0.25) is 0 Å². The molecule has 170 valence electrons. The number of nitrogens with zero attached hydrogens (tertiary/aromatic N) is 4. The molecule has 4 heterocycles. The SMILES string of the molecule is CCc1c(-c2csc(N3CCN(CC4CCN(CC)CC4)CC3)n2)[nH]c(C)c1C(C)=O. The molecule has 2 aliphatic heterocycles. The van der Waals surface area contributed by atoms with Crippen LogP contribution < -0.4 is 4.90 Å². The highest BCUT2D eigenvalue weighted by Gasteiger charge is 2.25. The highest BCUT2D eigenvalue weighted by molar-refractivity contribution is 7.14. The van der Waals surface area contributed by atoms with E-state index in [1.165, 1.54) is 39.0 Å². The summed E-state index contributed by atoms with van der Waals surface area (Å²) in [6, 6.07) is 0. The summed E-state index contributed by atoms with van der Waals surface area (Å²) in [4.78, 5) is 28.1. The maximum absolute atomic E-state index is 12.1. The van der Waals surface area contributed by atoms with Crippen molar-refractivity contribution in [3.05, 3.63) is 22.2 Å². The third kappa shape index (κ3) is 4.89. The second-order valence-corrected chi connectivity index (χ2v) is 9.91. The molecule has 0 spiro atoms. The molecule has 2 aromatic rings. The molecule has 0 radical (unpaired) electrons. The molecule has 31 heavy (non-hydrogen) atoms. The fraction of sp³-hybridized carbons (Fsp3) is 0.667. The first-order valence-corrected chi connectivity index (χ1v) is 12.8. The number of ketones is 1. The Hall–Kier alpha value is -1.70. The highest BCUT2D eigenvalue weighted by Crippen LogP contribution is 2.33. The van der Waals surface area contributed by atoms with Crippen LogP contribution in [-0.4, -0.2) is 77.9 Å². The molecular formula is C24H37N5OS.